The molecular formula is C28H37F3N4OS. The number of hydrogen-bond donors (Lipinski definition) is 2. The first-order chi connectivity index (χ1) is 17.7. The molecule has 2 fully saturated rings. The highest BCUT2D eigenvalue weighted by Gasteiger charge is 2.29. The average molecular weight is 535 g/mol. The van der Waals surface area contributed by atoms with Gasteiger partial charge in [0.25, 0.3) is 0 Å². The molecule has 2 N–H and O–H groups in total. The third-order valence-corrected chi connectivity index (χ3v) is 7.85. The topological polar surface area (TPSA) is 47.6 Å². The van der Waals surface area contributed by atoms with Crippen molar-refractivity contribution < 1.29 is 18.0 Å². The lowest BCUT2D eigenvalue weighted by Crippen LogP contribution is -2.45. The van der Waals surface area contributed by atoms with Crippen LogP contribution in [0.25, 0.3) is 0 Å². The van der Waals surface area contributed by atoms with Gasteiger partial charge in [0.2, 0.25) is 5.91 Å². The Morgan fingerprint density at radius 1 is 0.919 bits per heavy atom. The van der Waals surface area contributed by atoms with Crippen LogP contribution in [0.1, 0.15) is 44.1 Å². The summed E-state index contributed by atoms with van der Waals surface area (Å²) < 4.78 is 37.6. The summed E-state index contributed by atoms with van der Waals surface area (Å²) in [7, 11) is 0. The van der Waals surface area contributed by atoms with Gasteiger partial charge in [0, 0.05) is 61.0 Å². The first-order valence-electron chi connectivity index (χ1n) is 13.2. The number of likely N-dealkylation sites (tertiary alicyclic amines) is 2. The fourth-order valence-corrected chi connectivity index (χ4v) is 5.65. The fraction of sp³-hybridized carbons (Fsp3) is 0.536. The van der Waals surface area contributed by atoms with Crippen LogP contribution in [0.4, 0.5) is 24.5 Å². The molecule has 37 heavy (non-hydrogen) atoms. The Morgan fingerprint density at radius 3 is 2.19 bits per heavy atom. The van der Waals surface area contributed by atoms with Crippen LogP contribution in [0, 0.1) is 6.92 Å². The zero-order valence-corrected chi connectivity index (χ0v) is 22.2. The molecule has 1 atom stereocenters. The Morgan fingerprint density at radius 2 is 1.54 bits per heavy atom. The van der Waals surface area contributed by atoms with Crippen molar-refractivity contribution in [3.63, 3.8) is 0 Å². The lowest BCUT2D eigenvalue weighted by atomic mass is 10.0. The van der Waals surface area contributed by atoms with Crippen LogP contribution >= 0.6 is 11.8 Å². The zero-order chi connectivity index (χ0) is 26.3. The van der Waals surface area contributed by atoms with E-state index in [-0.39, 0.29) is 28.6 Å². The van der Waals surface area contributed by atoms with Gasteiger partial charge in [0.1, 0.15) is 0 Å². The number of halogens is 3. The van der Waals surface area contributed by atoms with Crippen molar-refractivity contribution in [3.8, 4) is 0 Å². The van der Waals surface area contributed by atoms with Gasteiger partial charge in [-0.1, -0.05) is 17.7 Å². The number of benzene rings is 2. The van der Waals surface area contributed by atoms with Gasteiger partial charge >= 0.3 is 5.51 Å². The molecule has 0 saturated carbocycles. The molecule has 2 saturated heterocycles. The molecule has 5 nitrogen and oxygen atoms in total. The molecule has 2 aliphatic heterocycles. The normalized spacial score (nSPS) is 19.6. The maximum atomic E-state index is 12.9. The van der Waals surface area contributed by atoms with E-state index in [1.807, 2.05) is 4.90 Å². The van der Waals surface area contributed by atoms with Gasteiger partial charge in [-0.2, -0.15) is 13.2 Å². The van der Waals surface area contributed by atoms with Crippen molar-refractivity contribution in [1.82, 2.24) is 9.80 Å². The summed E-state index contributed by atoms with van der Waals surface area (Å²) in [6.45, 7) is 6.55. The number of piperidine rings is 2. The number of thioether (sulfide) groups is 1. The summed E-state index contributed by atoms with van der Waals surface area (Å²) in [6, 6.07) is 15.5. The summed E-state index contributed by atoms with van der Waals surface area (Å²) in [6.07, 6.45) is 5.50. The van der Waals surface area contributed by atoms with Crippen molar-refractivity contribution in [2.24, 2.45) is 0 Å². The number of carbonyl (C=O) groups is 1. The first-order valence-corrected chi connectivity index (χ1v) is 14.0. The zero-order valence-electron chi connectivity index (χ0n) is 21.4. The van der Waals surface area contributed by atoms with Crippen LogP contribution in [0.15, 0.2) is 53.4 Å². The lowest BCUT2D eigenvalue weighted by molar-refractivity contribution is -0.132. The Kier molecular flexibility index (Phi) is 9.65. The minimum absolute atomic E-state index is 0.109. The van der Waals surface area contributed by atoms with E-state index >= 15 is 0 Å². The third kappa shape index (κ3) is 9.14. The van der Waals surface area contributed by atoms with Crippen molar-refractivity contribution >= 4 is 29.0 Å². The van der Waals surface area contributed by atoms with E-state index in [0.29, 0.717) is 19.0 Å². The number of aryl methyl sites for hydroxylation is 1. The Hall–Kier alpha value is -2.39. The third-order valence-electron chi connectivity index (χ3n) is 7.11. The Balaban J connectivity index is 1.13. The highest BCUT2D eigenvalue weighted by molar-refractivity contribution is 8.00. The Labute approximate surface area is 222 Å². The predicted octanol–water partition coefficient (Wildman–Crippen LogP) is 6.37. The molecule has 202 valence electrons. The number of nitrogens with one attached hydrogen (secondary N) is 2. The molecule has 1 amide bonds. The molecule has 0 radical (unpaired) electrons. The molecule has 4 rings (SSSR count). The predicted molar refractivity (Wildman–Crippen MR) is 145 cm³/mol. The molecule has 0 unspecified atom stereocenters. The summed E-state index contributed by atoms with van der Waals surface area (Å²) in [5, 5.41) is 7.03. The van der Waals surface area contributed by atoms with Crippen LogP contribution in [-0.4, -0.2) is 66.0 Å². The second kappa shape index (κ2) is 12.9. The second-order valence-corrected chi connectivity index (χ2v) is 11.3. The number of hydrogen-bond acceptors (Lipinski definition) is 5. The molecule has 0 aromatic heterocycles. The molecule has 0 aliphatic carbocycles. The van der Waals surface area contributed by atoms with Crippen molar-refractivity contribution in [2.75, 3.05) is 43.4 Å². The maximum Gasteiger partial charge on any atom is 0.446 e. The average Bonchev–Trinajstić information content (AvgIpc) is 2.87. The number of carbonyl (C=O) groups excluding carboxylic acids is 1. The summed E-state index contributed by atoms with van der Waals surface area (Å²) in [4.78, 5) is 17.4. The van der Waals surface area contributed by atoms with Crippen LogP contribution in [0.2, 0.25) is 0 Å². The highest BCUT2D eigenvalue weighted by Crippen LogP contribution is 2.37. The quantitative estimate of drug-likeness (QED) is 0.366. The monoisotopic (exact) mass is 534 g/mol. The molecule has 0 bridgehead atoms. The maximum absolute atomic E-state index is 12.9. The van der Waals surface area contributed by atoms with E-state index in [0.717, 1.165) is 64.0 Å². The minimum Gasteiger partial charge on any atom is -0.382 e. The summed E-state index contributed by atoms with van der Waals surface area (Å²) in [5.41, 5.74) is -1.05. The van der Waals surface area contributed by atoms with Crippen LogP contribution in [0.5, 0.6) is 0 Å². The van der Waals surface area contributed by atoms with Gasteiger partial charge in [0.15, 0.2) is 0 Å². The first kappa shape index (κ1) is 27.6. The molecule has 2 aromatic rings. The lowest BCUT2D eigenvalue weighted by Gasteiger charge is -2.35. The minimum atomic E-state index is -4.28. The summed E-state index contributed by atoms with van der Waals surface area (Å²) in [5.74, 6) is 0.194. The Bertz CT molecular complexity index is 992. The molecular weight excluding hydrogens is 497 g/mol. The second-order valence-electron chi connectivity index (χ2n) is 10.1. The van der Waals surface area contributed by atoms with Crippen LogP contribution in [-0.2, 0) is 4.79 Å². The van der Waals surface area contributed by atoms with Crippen LogP contribution in [0.3, 0.4) is 0 Å². The van der Waals surface area contributed by atoms with Crippen molar-refractivity contribution in [2.45, 2.75) is 67.9 Å². The SMILES string of the molecule is Cc1ccc(NC2CCN(CCCC(=O)N3CCC[C@H](Nc4ccc(SC(F)(F)F)cc4)C3)CC2)cc1. The largest absolute Gasteiger partial charge is 0.446 e. The number of alkyl halides is 3. The number of anilines is 2. The van der Waals surface area contributed by atoms with Gasteiger partial charge in [-0.05, 0) is 93.7 Å². The molecule has 0 spiro atoms. The van der Waals surface area contributed by atoms with Gasteiger partial charge in [-0.3, -0.25) is 4.79 Å². The van der Waals surface area contributed by atoms with Crippen LogP contribution < -0.4 is 10.6 Å². The standard InChI is InChI=1S/C28H37F3N4OS/c1-21-6-8-22(9-7-21)32-24-14-18-34(19-15-24)16-3-5-27(36)35-17-2-4-25(20-35)33-23-10-12-26(13-11-23)37-28(29,30)31/h6-13,24-25,32-33H,2-5,14-20H2,1H3/t25-/m0/s1. The molecule has 9 heteroatoms. The summed E-state index contributed by atoms with van der Waals surface area (Å²) >= 11 is -0.109. The van der Waals surface area contributed by atoms with E-state index in [4.69, 9.17) is 0 Å². The highest BCUT2D eigenvalue weighted by atomic mass is 32.2. The van der Waals surface area contributed by atoms with Gasteiger partial charge < -0.3 is 20.4 Å². The van der Waals surface area contributed by atoms with Crippen molar-refractivity contribution in [1.29, 1.82) is 0 Å². The van der Waals surface area contributed by atoms with Gasteiger partial charge in [-0.25, -0.2) is 0 Å². The smallest absolute Gasteiger partial charge is 0.382 e. The number of rotatable bonds is 9. The van der Waals surface area contributed by atoms with E-state index < -0.39 is 5.51 Å². The van der Waals surface area contributed by atoms with E-state index in [1.165, 1.54) is 23.4 Å². The van der Waals surface area contributed by atoms with Gasteiger partial charge in [-0.15, -0.1) is 0 Å². The molecule has 2 heterocycles. The van der Waals surface area contributed by atoms with E-state index in [2.05, 4.69) is 46.7 Å². The van der Waals surface area contributed by atoms with E-state index in [9.17, 15) is 18.0 Å². The number of amides is 1. The molecule has 2 aromatic carbocycles. The number of nitrogens with zero attached hydrogens (tertiary/aromatic N) is 2. The fourth-order valence-electron chi connectivity index (χ4n) is 5.11. The van der Waals surface area contributed by atoms with Gasteiger partial charge in [0.05, 0.1) is 0 Å². The molecule has 2 aliphatic rings. The van der Waals surface area contributed by atoms with Crippen molar-refractivity contribution in [3.05, 3.63) is 54.1 Å². The van der Waals surface area contributed by atoms with E-state index in [1.54, 1.807) is 12.1 Å².